The van der Waals surface area contributed by atoms with E-state index >= 15 is 0 Å². The van der Waals surface area contributed by atoms with E-state index in [1.54, 1.807) is 18.3 Å². The molecule has 1 aliphatic rings. The van der Waals surface area contributed by atoms with E-state index in [9.17, 15) is 4.79 Å². The van der Waals surface area contributed by atoms with E-state index in [0.29, 0.717) is 0 Å². The standard InChI is InChI=1S/C8H9NOS/c1-5(10)6-2-3-7-8(6)9-4-11-7/h4,6H,2-3H2,1H3/t6-/m0/s1. The van der Waals surface area contributed by atoms with Crippen LogP contribution in [0.2, 0.25) is 0 Å². The van der Waals surface area contributed by atoms with Crippen LogP contribution in [-0.2, 0) is 11.2 Å². The molecule has 11 heavy (non-hydrogen) atoms. The maximum atomic E-state index is 11.1. The number of thiazole rings is 1. The van der Waals surface area contributed by atoms with E-state index in [4.69, 9.17) is 0 Å². The molecule has 1 atom stereocenters. The molecule has 0 radical (unpaired) electrons. The molecule has 0 N–H and O–H groups in total. The average molecular weight is 167 g/mol. The molecule has 1 heterocycles. The summed E-state index contributed by atoms with van der Waals surface area (Å²) < 4.78 is 0. The van der Waals surface area contributed by atoms with Crippen molar-refractivity contribution in [2.45, 2.75) is 25.7 Å². The minimum absolute atomic E-state index is 0.108. The summed E-state index contributed by atoms with van der Waals surface area (Å²) in [6.07, 6.45) is 2.02. The topological polar surface area (TPSA) is 30.0 Å². The second kappa shape index (κ2) is 2.41. The van der Waals surface area contributed by atoms with Gasteiger partial charge in [0, 0.05) is 4.88 Å². The number of aryl methyl sites for hydroxylation is 1. The number of nitrogens with zero attached hydrogens (tertiary/aromatic N) is 1. The van der Waals surface area contributed by atoms with Gasteiger partial charge < -0.3 is 0 Å². The maximum Gasteiger partial charge on any atom is 0.138 e. The Morgan fingerprint density at radius 3 is 3.36 bits per heavy atom. The van der Waals surface area contributed by atoms with Gasteiger partial charge in [0.25, 0.3) is 0 Å². The van der Waals surface area contributed by atoms with Crippen LogP contribution in [0.3, 0.4) is 0 Å². The molecule has 1 aliphatic carbocycles. The van der Waals surface area contributed by atoms with Crippen molar-refractivity contribution in [2.75, 3.05) is 0 Å². The molecule has 1 aromatic heterocycles. The van der Waals surface area contributed by atoms with Gasteiger partial charge in [-0.25, -0.2) is 4.98 Å². The third-order valence-electron chi connectivity index (χ3n) is 2.15. The van der Waals surface area contributed by atoms with Crippen LogP contribution in [0, 0.1) is 0 Å². The summed E-state index contributed by atoms with van der Waals surface area (Å²) in [6, 6.07) is 0. The van der Waals surface area contributed by atoms with Crippen LogP contribution in [0.5, 0.6) is 0 Å². The lowest BCUT2D eigenvalue weighted by atomic mass is 10.0. The molecule has 2 nitrogen and oxygen atoms in total. The lowest BCUT2D eigenvalue weighted by molar-refractivity contribution is -0.118. The molecule has 0 aromatic carbocycles. The van der Waals surface area contributed by atoms with Crippen molar-refractivity contribution in [1.29, 1.82) is 0 Å². The molecule has 0 amide bonds. The number of fused-ring (bicyclic) bond motifs is 1. The lowest BCUT2D eigenvalue weighted by Crippen LogP contribution is -2.04. The van der Waals surface area contributed by atoms with E-state index in [-0.39, 0.29) is 11.7 Å². The maximum absolute atomic E-state index is 11.1. The molecule has 0 spiro atoms. The third-order valence-corrected chi connectivity index (χ3v) is 3.06. The van der Waals surface area contributed by atoms with E-state index in [1.807, 2.05) is 5.51 Å². The molecule has 1 aromatic rings. The number of carbonyl (C=O) groups is 1. The molecule has 3 heteroatoms. The number of rotatable bonds is 1. The number of hydrogen-bond donors (Lipinski definition) is 0. The van der Waals surface area contributed by atoms with E-state index < -0.39 is 0 Å². The molecule has 58 valence electrons. The van der Waals surface area contributed by atoms with Crippen molar-refractivity contribution in [3.05, 3.63) is 16.1 Å². The molecular weight excluding hydrogens is 158 g/mol. The predicted molar refractivity (Wildman–Crippen MR) is 43.9 cm³/mol. The van der Waals surface area contributed by atoms with Crippen LogP contribution in [0.25, 0.3) is 0 Å². The molecule has 0 saturated heterocycles. The largest absolute Gasteiger partial charge is 0.299 e. The Hall–Kier alpha value is -0.700. The van der Waals surface area contributed by atoms with Crippen molar-refractivity contribution in [2.24, 2.45) is 0 Å². The van der Waals surface area contributed by atoms with Gasteiger partial charge in [-0.15, -0.1) is 11.3 Å². The summed E-state index contributed by atoms with van der Waals surface area (Å²) in [7, 11) is 0. The normalized spacial score (nSPS) is 21.7. The zero-order valence-electron chi connectivity index (χ0n) is 6.33. The Balaban J connectivity index is 2.38. The van der Waals surface area contributed by atoms with Crippen molar-refractivity contribution in [3.8, 4) is 0 Å². The van der Waals surface area contributed by atoms with Crippen molar-refractivity contribution in [1.82, 2.24) is 4.98 Å². The number of carbonyl (C=O) groups excluding carboxylic acids is 1. The third kappa shape index (κ3) is 0.997. The molecule has 0 fully saturated rings. The minimum atomic E-state index is 0.108. The van der Waals surface area contributed by atoms with Crippen molar-refractivity contribution in [3.63, 3.8) is 0 Å². The fourth-order valence-electron chi connectivity index (χ4n) is 1.56. The number of ketones is 1. The van der Waals surface area contributed by atoms with Crippen LogP contribution >= 0.6 is 11.3 Å². The van der Waals surface area contributed by atoms with Gasteiger partial charge in [-0.2, -0.15) is 0 Å². The Morgan fingerprint density at radius 1 is 1.82 bits per heavy atom. The first-order valence-corrected chi connectivity index (χ1v) is 4.59. The second-order valence-electron chi connectivity index (χ2n) is 2.86. The summed E-state index contributed by atoms with van der Waals surface area (Å²) in [5, 5.41) is 0. The van der Waals surface area contributed by atoms with Crippen LogP contribution in [0.15, 0.2) is 5.51 Å². The van der Waals surface area contributed by atoms with Gasteiger partial charge in [-0.05, 0) is 19.8 Å². The van der Waals surface area contributed by atoms with Crippen LogP contribution < -0.4 is 0 Å². The highest BCUT2D eigenvalue weighted by molar-refractivity contribution is 7.09. The zero-order valence-corrected chi connectivity index (χ0v) is 7.15. The highest BCUT2D eigenvalue weighted by Crippen LogP contribution is 2.34. The predicted octanol–water partition coefficient (Wildman–Crippen LogP) is 1.76. The van der Waals surface area contributed by atoms with Crippen molar-refractivity contribution < 1.29 is 4.79 Å². The van der Waals surface area contributed by atoms with E-state index in [2.05, 4.69) is 4.98 Å². The van der Waals surface area contributed by atoms with Crippen LogP contribution in [-0.4, -0.2) is 10.8 Å². The SMILES string of the molecule is CC(=O)[C@@H]1CCc2scnc21. The van der Waals surface area contributed by atoms with Gasteiger partial charge in [-0.3, -0.25) is 4.79 Å². The first-order valence-electron chi connectivity index (χ1n) is 3.71. The Bertz CT molecular complexity index is 292. The van der Waals surface area contributed by atoms with Gasteiger partial charge in [0.05, 0.1) is 17.1 Å². The Labute approximate surface area is 69.3 Å². The van der Waals surface area contributed by atoms with E-state index in [1.165, 1.54) is 4.88 Å². The van der Waals surface area contributed by atoms with E-state index in [0.717, 1.165) is 18.5 Å². The lowest BCUT2D eigenvalue weighted by Gasteiger charge is -2.01. The molecular formula is C8H9NOS. The summed E-state index contributed by atoms with van der Waals surface area (Å²) in [5.41, 5.74) is 2.88. The first-order chi connectivity index (χ1) is 5.29. The number of Topliss-reactive ketones (excluding diaryl/α,β-unsaturated/α-hetero) is 1. The second-order valence-corrected chi connectivity index (χ2v) is 3.80. The monoisotopic (exact) mass is 167 g/mol. The quantitative estimate of drug-likeness (QED) is 0.638. The summed E-state index contributed by atoms with van der Waals surface area (Å²) in [6.45, 7) is 1.65. The van der Waals surface area contributed by atoms with Crippen LogP contribution in [0.4, 0.5) is 0 Å². The molecule has 0 bridgehead atoms. The highest BCUT2D eigenvalue weighted by Gasteiger charge is 2.28. The number of aromatic nitrogens is 1. The van der Waals surface area contributed by atoms with Crippen molar-refractivity contribution >= 4 is 17.1 Å². The molecule has 0 aliphatic heterocycles. The Kier molecular flexibility index (Phi) is 1.53. The fourth-order valence-corrected chi connectivity index (χ4v) is 2.40. The van der Waals surface area contributed by atoms with Gasteiger partial charge >= 0.3 is 0 Å². The average Bonchev–Trinajstić information content (AvgIpc) is 2.41. The molecule has 0 saturated carbocycles. The van der Waals surface area contributed by atoms with Gasteiger partial charge in [0.15, 0.2) is 0 Å². The molecule has 0 unspecified atom stereocenters. The minimum Gasteiger partial charge on any atom is -0.299 e. The zero-order chi connectivity index (χ0) is 7.84. The Morgan fingerprint density at radius 2 is 2.64 bits per heavy atom. The highest BCUT2D eigenvalue weighted by atomic mass is 32.1. The number of hydrogen-bond acceptors (Lipinski definition) is 3. The summed E-state index contributed by atoms with van der Waals surface area (Å²) in [5.74, 6) is 0.367. The van der Waals surface area contributed by atoms with Gasteiger partial charge in [0.1, 0.15) is 5.78 Å². The smallest absolute Gasteiger partial charge is 0.138 e. The van der Waals surface area contributed by atoms with Gasteiger partial charge in [0.2, 0.25) is 0 Å². The molecule has 2 rings (SSSR count). The summed E-state index contributed by atoms with van der Waals surface area (Å²) >= 11 is 1.67. The van der Waals surface area contributed by atoms with Gasteiger partial charge in [-0.1, -0.05) is 0 Å². The first kappa shape index (κ1) is 6.98. The fraction of sp³-hybridized carbons (Fsp3) is 0.500. The van der Waals surface area contributed by atoms with Crippen LogP contribution in [0.1, 0.15) is 29.8 Å². The summed E-state index contributed by atoms with van der Waals surface area (Å²) in [4.78, 5) is 16.6.